The summed E-state index contributed by atoms with van der Waals surface area (Å²) in [5.41, 5.74) is -0.736. The van der Waals surface area contributed by atoms with Gasteiger partial charge >= 0.3 is 6.03 Å². The summed E-state index contributed by atoms with van der Waals surface area (Å²) >= 11 is 0. The van der Waals surface area contributed by atoms with Crippen LogP contribution < -0.4 is 10.6 Å². The number of amides is 4. The van der Waals surface area contributed by atoms with E-state index in [-0.39, 0.29) is 17.8 Å². The second kappa shape index (κ2) is 5.84. The van der Waals surface area contributed by atoms with Crippen LogP contribution in [0.25, 0.3) is 0 Å². The topological polar surface area (TPSA) is 78.5 Å². The normalized spacial score (nSPS) is 17.8. The van der Waals surface area contributed by atoms with Crippen molar-refractivity contribution in [3.8, 4) is 0 Å². The highest BCUT2D eigenvalue weighted by Crippen LogP contribution is 2.29. The zero-order chi connectivity index (χ0) is 13.8. The van der Waals surface area contributed by atoms with Crippen molar-refractivity contribution in [1.29, 1.82) is 0 Å². The molecule has 0 aromatic rings. The van der Waals surface area contributed by atoms with Gasteiger partial charge in [0, 0.05) is 20.0 Å². The lowest BCUT2D eigenvalue weighted by molar-refractivity contribution is -0.127. The average Bonchev–Trinajstić information content (AvgIpc) is 2.61. The number of carbonyl (C=O) groups is 3. The van der Waals surface area contributed by atoms with Crippen LogP contribution in [-0.4, -0.2) is 41.9 Å². The molecule has 6 nitrogen and oxygen atoms in total. The summed E-state index contributed by atoms with van der Waals surface area (Å²) < 4.78 is 0. The summed E-state index contributed by atoms with van der Waals surface area (Å²) in [5, 5.41) is 4.89. The van der Waals surface area contributed by atoms with Crippen LogP contribution in [0.2, 0.25) is 0 Å². The van der Waals surface area contributed by atoms with E-state index in [0.29, 0.717) is 32.2 Å². The third-order valence-corrected chi connectivity index (χ3v) is 3.64. The minimum absolute atomic E-state index is 0.0560. The maximum atomic E-state index is 11.9. The number of hydrogen-bond donors (Lipinski definition) is 2. The molecule has 1 rings (SSSR count). The molecule has 1 aliphatic heterocycles. The number of imide groups is 1. The van der Waals surface area contributed by atoms with Crippen molar-refractivity contribution in [2.45, 2.75) is 45.1 Å². The van der Waals surface area contributed by atoms with Gasteiger partial charge in [-0.25, -0.2) is 4.79 Å². The van der Waals surface area contributed by atoms with Gasteiger partial charge in [-0.15, -0.1) is 0 Å². The summed E-state index contributed by atoms with van der Waals surface area (Å²) in [6, 6.07) is -0.347. The maximum absolute atomic E-state index is 11.9. The zero-order valence-electron chi connectivity index (χ0n) is 11.2. The Kier molecular flexibility index (Phi) is 4.69. The van der Waals surface area contributed by atoms with Crippen LogP contribution in [0.15, 0.2) is 0 Å². The van der Waals surface area contributed by atoms with Gasteiger partial charge in [0.05, 0.1) is 0 Å². The molecule has 1 aliphatic rings. The first-order valence-electron chi connectivity index (χ1n) is 6.35. The highest BCUT2D eigenvalue weighted by Gasteiger charge is 2.49. The number of urea groups is 1. The van der Waals surface area contributed by atoms with Crippen molar-refractivity contribution in [3.05, 3.63) is 0 Å². The summed E-state index contributed by atoms with van der Waals surface area (Å²) in [7, 11) is 1.58. The molecule has 1 saturated heterocycles. The Morgan fingerprint density at radius 3 is 2.44 bits per heavy atom. The van der Waals surface area contributed by atoms with Crippen LogP contribution in [0.3, 0.4) is 0 Å². The predicted molar refractivity (Wildman–Crippen MR) is 66.9 cm³/mol. The van der Waals surface area contributed by atoms with Crippen molar-refractivity contribution in [3.63, 3.8) is 0 Å². The molecule has 0 radical (unpaired) electrons. The SMILES string of the molecule is CCC1(CC)C(=O)NC(=O)N1CCCC(=O)NC. The summed E-state index contributed by atoms with van der Waals surface area (Å²) in [4.78, 5) is 36.3. The second-order valence-electron chi connectivity index (χ2n) is 4.43. The molecule has 102 valence electrons. The van der Waals surface area contributed by atoms with Gasteiger partial charge in [-0.2, -0.15) is 0 Å². The highest BCUT2D eigenvalue weighted by atomic mass is 16.2. The van der Waals surface area contributed by atoms with Crippen molar-refractivity contribution >= 4 is 17.8 Å². The predicted octanol–water partition coefficient (Wildman–Crippen LogP) is 0.623. The lowest BCUT2D eigenvalue weighted by Gasteiger charge is -2.33. The van der Waals surface area contributed by atoms with Gasteiger partial charge in [0.25, 0.3) is 5.91 Å². The van der Waals surface area contributed by atoms with Crippen LogP contribution in [0, 0.1) is 0 Å². The fourth-order valence-electron chi connectivity index (χ4n) is 2.39. The first-order chi connectivity index (χ1) is 8.51. The van der Waals surface area contributed by atoms with E-state index in [0.717, 1.165) is 0 Å². The number of carbonyl (C=O) groups excluding carboxylic acids is 3. The van der Waals surface area contributed by atoms with Crippen LogP contribution in [0.5, 0.6) is 0 Å². The van der Waals surface area contributed by atoms with Crippen molar-refractivity contribution in [2.24, 2.45) is 0 Å². The quantitative estimate of drug-likeness (QED) is 0.683. The molecule has 0 aromatic heterocycles. The Morgan fingerprint density at radius 1 is 1.33 bits per heavy atom. The molecule has 4 amide bonds. The first kappa shape index (κ1) is 14.5. The smallest absolute Gasteiger partial charge is 0.325 e. The molecule has 0 aliphatic carbocycles. The zero-order valence-corrected chi connectivity index (χ0v) is 11.2. The molecular weight excluding hydrogens is 234 g/mol. The van der Waals surface area contributed by atoms with Crippen molar-refractivity contribution < 1.29 is 14.4 Å². The second-order valence-corrected chi connectivity index (χ2v) is 4.43. The van der Waals surface area contributed by atoms with E-state index in [1.165, 1.54) is 0 Å². The van der Waals surface area contributed by atoms with E-state index in [4.69, 9.17) is 0 Å². The van der Waals surface area contributed by atoms with Gasteiger partial charge in [0.2, 0.25) is 5.91 Å². The monoisotopic (exact) mass is 255 g/mol. The van der Waals surface area contributed by atoms with Gasteiger partial charge < -0.3 is 10.2 Å². The number of nitrogens with one attached hydrogen (secondary N) is 2. The third kappa shape index (κ3) is 2.47. The molecule has 0 saturated carbocycles. The van der Waals surface area contributed by atoms with Gasteiger partial charge in [-0.3, -0.25) is 14.9 Å². The third-order valence-electron chi connectivity index (χ3n) is 3.64. The lowest BCUT2D eigenvalue weighted by atomic mass is 9.91. The molecular formula is C12H21N3O3. The molecule has 2 N–H and O–H groups in total. The summed E-state index contributed by atoms with van der Waals surface area (Å²) in [6.07, 6.45) is 2.09. The Bertz CT molecular complexity index is 350. The molecule has 0 spiro atoms. The molecule has 0 aromatic carbocycles. The summed E-state index contributed by atoms with van der Waals surface area (Å²) in [6.45, 7) is 4.22. The largest absolute Gasteiger partial charge is 0.359 e. The fourth-order valence-corrected chi connectivity index (χ4v) is 2.39. The van der Waals surface area contributed by atoms with Crippen molar-refractivity contribution in [1.82, 2.24) is 15.5 Å². The highest BCUT2D eigenvalue weighted by molar-refractivity contribution is 6.06. The van der Waals surface area contributed by atoms with Gasteiger partial charge in [-0.1, -0.05) is 13.8 Å². The molecule has 1 fully saturated rings. The Balaban J connectivity index is 2.69. The Hall–Kier alpha value is -1.59. The van der Waals surface area contributed by atoms with E-state index in [9.17, 15) is 14.4 Å². The molecule has 1 heterocycles. The van der Waals surface area contributed by atoms with E-state index < -0.39 is 5.54 Å². The van der Waals surface area contributed by atoms with Crippen LogP contribution >= 0.6 is 0 Å². The molecule has 0 atom stereocenters. The Morgan fingerprint density at radius 2 is 1.94 bits per heavy atom. The van der Waals surface area contributed by atoms with Crippen LogP contribution in [0.1, 0.15) is 39.5 Å². The fraction of sp³-hybridized carbons (Fsp3) is 0.750. The first-order valence-corrected chi connectivity index (χ1v) is 6.35. The Labute approximate surface area is 107 Å². The molecule has 18 heavy (non-hydrogen) atoms. The van der Waals surface area contributed by atoms with Gasteiger partial charge in [0.15, 0.2) is 0 Å². The van der Waals surface area contributed by atoms with Gasteiger partial charge in [-0.05, 0) is 19.3 Å². The molecule has 0 bridgehead atoms. The van der Waals surface area contributed by atoms with Crippen LogP contribution in [-0.2, 0) is 9.59 Å². The maximum Gasteiger partial charge on any atom is 0.325 e. The minimum atomic E-state index is -0.736. The number of hydrogen-bond acceptors (Lipinski definition) is 3. The number of nitrogens with zero attached hydrogens (tertiary/aromatic N) is 1. The average molecular weight is 255 g/mol. The lowest BCUT2D eigenvalue weighted by Crippen LogP contribution is -2.49. The standard InChI is InChI=1S/C12H21N3O3/c1-4-12(5-2)10(17)14-11(18)15(12)8-6-7-9(16)13-3/h4-8H2,1-3H3,(H,13,16)(H,14,17,18). The molecule has 6 heteroatoms. The minimum Gasteiger partial charge on any atom is -0.359 e. The van der Waals surface area contributed by atoms with Crippen molar-refractivity contribution in [2.75, 3.05) is 13.6 Å². The summed E-state index contributed by atoms with van der Waals surface area (Å²) in [5.74, 6) is -0.281. The van der Waals surface area contributed by atoms with E-state index >= 15 is 0 Å². The van der Waals surface area contributed by atoms with Gasteiger partial charge in [0.1, 0.15) is 5.54 Å². The van der Waals surface area contributed by atoms with E-state index in [1.54, 1.807) is 11.9 Å². The van der Waals surface area contributed by atoms with Crippen LogP contribution in [0.4, 0.5) is 4.79 Å². The molecule has 0 unspecified atom stereocenters. The number of rotatable bonds is 6. The van der Waals surface area contributed by atoms with E-state index in [1.807, 2.05) is 13.8 Å². The van der Waals surface area contributed by atoms with E-state index in [2.05, 4.69) is 10.6 Å².